The predicted molar refractivity (Wildman–Crippen MR) is 116 cm³/mol. The average molecular weight is 490 g/mol. The quantitative estimate of drug-likeness (QED) is 0.229. The smallest absolute Gasteiger partial charge is 0.416 e. The maximum Gasteiger partial charge on any atom is 0.416 e. The van der Waals surface area contributed by atoms with Crippen LogP contribution in [0, 0.1) is 5.82 Å². The lowest BCUT2D eigenvalue weighted by molar-refractivity contribution is -0.137. The summed E-state index contributed by atoms with van der Waals surface area (Å²) >= 11 is 0. The van der Waals surface area contributed by atoms with Gasteiger partial charge in [-0.25, -0.2) is 23.9 Å². The van der Waals surface area contributed by atoms with E-state index in [4.69, 9.17) is 9.84 Å². The molecule has 0 atom stereocenters. The number of carboxylic acid groups (broad SMARTS) is 1. The normalized spacial score (nSPS) is 11.2. The number of anilines is 3. The third-order valence-electron chi connectivity index (χ3n) is 4.44. The number of hydrogen-bond acceptors (Lipinski definition) is 5. The fourth-order valence-corrected chi connectivity index (χ4v) is 2.93. The van der Waals surface area contributed by atoms with Crippen LogP contribution in [0.15, 0.2) is 54.7 Å². The van der Waals surface area contributed by atoms with E-state index in [2.05, 4.69) is 25.6 Å². The molecule has 4 aromatic rings. The Labute approximate surface area is 193 Å². The minimum absolute atomic E-state index is 0.0430. The zero-order chi connectivity index (χ0) is 25.2. The average Bonchev–Trinajstić information content (AvgIpc) is 3.16. The number of imidazole rings is 1. The summed E-state index contributed by atoms with van der Waals surface area (Å²) in [4.78, 5) is 33.6. The number of ether oxygens (including phenoxy) is 1. The van der Waals surface area contributed by atoms with Gasteiger partial charge in [-0.05, 0) is 36.4 Å². The van der Waals surface area contributed by atoms with E-state index in [9.17, 15) is 27.2 Å². The molecule has 0 saturated heterocycles. The van der Waals surface area contributed by atoms with Crippen molar-refractivity contribution in [3.8, 4) is 11.6 Å². The number of nitrogens with zero attached hydrogens (tertiary/aromatic N) is 2. The minimum Gasteiger partial charge on any atom is -0.465 e. The molecule has 4 rings (SSSR count). The van der Waals surface area contributed by atoms with Crippen LogP contribution < -0.4 is 20.7 Å². The fraction of sp³-hybridized carbons (Fsp3) is 0.0476. The highest BCUT2D eigenvalue weighted by Gasteiger charge is 2.31. The Morgan fingerprint density at radius 3 is 2.49 bits per heavy atom. The van der Waals surface area contributed by atoms with Crippen LogP contribution >= 0.6 is 0 Å². The minimum atomic E-state index is -4.69. The van der Waals surface area contributed by atoms with E-state index in [1.807, 2.05) is 5.32 Å². The summed E-state index contributed by atoms with van der Waals surface area (Å²) in [6.45, 7) is 0. The Morgan fingerprint density at radius 1 is 1.00 bits per heavy atom. The SMILES string of the molecule is O=C(O)Nc1nc2ccc(Oc3ccc(NC(=O)Nc4cc(C(F)(F)F)ccc4F)cn3)cc2[nH]1. The van der Waals surface area contributed by atoms with Crippen molar-refractivity contribution in [2.45, 2.75) is 6.18 Å². The number of carbonyl (C=O) groups excluding carboxylic acids is 1. The van der Waals surface area contributed by atoms with Crippen LogP contribution in [0.25, 0.3) is 11.0 Å². The highest BCUT2D eigenvalue weighted by atomic mass is 19.4. The number of aromatic amines is 1. The van der Waals surface area contributed by atoms with Gasteiger partial charge in [-0.3, -0.25) is 5.32 Å². The van der Waals surface area contributed by atoms with Gasteiger partial charge in [0.15, 0.2) is 0 Å². The van der Waals surface area contributed by atoms with Gasteiger partial charge < -0.3 is 25.5 Å². The molecule has 0 radical (unpaired) electrons. The first kappa shape index (κ1) is 23.3. The van der Waals surface area contributed by atoms with Gasteiger partial charge in [-0.2, -0.15) is 13.2 Å². The van der Waals surface area contributed by atoms with E-state index in [1.165, 1.54) is 18.3 Å². The molecule has 10 nitrogen and oxygen atoms in total. The van der Waals surface area contributed by atoms with E-state index >= 15 is 0 Å². The Kier molecular flexibility index (Phi) is 6.10. The van der Waals surface area contributed by atoms with Crippen LogP contribution in [0.2, 0.25) is 0 Å². The highest BCUT2D eigenvalue weighted by molar-refractivity contribution is 5.99. The molecule has 35 heavy (non-hydrogen) atoms. The summed E-state index contributed by atoms with van der Waals surface area (Å²) in [6, 6.07) is 8.26. The second-order valence-corrected chi connectivity index (χ2v) is 6.95. The standard InChI is InChI=1S/C21H14F4N6O4/c22-13-4-1-10(21(23,24)25)7-15(13)30-19(32)27-11-2-6-17(26-9-11)35-12-3-5-14-16(8-12)29-18(28-14)31-20(33)34/h1-9H,(H,33,34)(H2,27,30,32)(H2,28,29,31). The van der Waals surface area contributed by atoms with Crippen molar-refractivity contribution in [1.29, 1.82) is 0 Å². The molecule has 0 unspecified atom stereocenters. The second-order valence-electron chi connectivity index (χ2n) is 6.95. The number of halogens is 4. The van der Waals surface area contributed by atoms with Gasteiger partial charge in [-0.1, -0.05) is 0 Å². The topological polar surface area (TPSA) is 141 Å². The van der Waals surface area contributed by atoms with E-state index in [-0.39, 0.29) is 17.5 Å². The van der Waals surface area contributed by atoms with Crippen LogP contribution in [0.1, 0.15) is 5.56 Å². The van der Waals surface area contributed by atoms with Crippen LogP contribution in [-0.4, -0.2) is 32.2 Å². The maximum absolute atomic E-state index is 13.8. The fourth-order valence-electron chi connectivity index (χ4n) is 2.93. The Hall–Kier alpha value is -4.88. The van der Waals surface area contributed by atoms with E-state index in [0.717, 1.165) is 0 Å². The second kappa shape index (κ2) is 9.17. The zero-order valence-electron chi connectivity index (χ0n) is 17.3. The van der Waals surface area contributed by atoms with Crippen molar-refractivity contribution in [2.75, 3.05) is 16.0 Å². The van der Waals surface area contributed by atoms with Gasteiger partial charge in [0.25, 0.3) is 0 Å². The molecule has 2 aromatic heterocycles. The van der Waals surface area contributed by atoms with Gasteiger partial charge in [0, 0.05) is 12.1 Å². The van der Waals surface area contributed by atoms with E-state index in [0.29, 0.717) is 35.0 Å². The molecule has 3 amide bonds. The molecule has 0 fully saturated rings. The van der Waals surface area contributed by atoms with Gasteiger partial charge >= 0.3 is 18.3 Å². The Morgan fingerprint density at radius 2 is 1.80 bits per heavy atom. The molecule has 0 bridgehead atoms. The molecule has 0 aliphatic heterocycles. The Balaban J connectivity index is 1.39. The first-order valence-corrected chi connectivity index (χ1v) is 9.65. The van der Waals surface area contributed by atoms with Crippen molar-refractivity contribution in [2.24, 2.45) is 0 Å². The molecule has 0 aliphatic carbocycles. The number of fused-ring (bicyclic) bond motifs is 1. The number of benzene rings is 2. The summed E-state index contributed by atoms with van der Waals surface area (Å²) in [6.07, 6.45) is -4.74. The number of amides is 3. The highest BCUT2D eigenvalue weighted by Crippen LogP contribution is 2.32. The molecule has 0 saturated carbocycles. The number of H-pyrrole nitrogens is 1. The lowest BCUT2D eigenvalue weighted by Gasteiger charge is -2.12. The lowest BCUT2D eigenvalue weighted by atomic mass is 10.2. The van der Waals surface area contributed by atoms with Crippen molar-refractivity contribution in [1.82, 2.24) is 15.0 Å². The number of rotatable bonds is 5. The molecule has 14 heteroatoms. The summed E-state index contributed by atoms with van der Waals surface area (Å²) in [5.41, 5.74) is -0.586. The zero-order valence-corrected chi connectivity index (χ0v) is 17.3. The van der Waals surface area contributed by atoms with Gasteiger partial charge in [0.1, 0.15) is 11.6 Å². The predicted octanol–water partition coefficient (Wildman–Crippen LogP) is 5.64. The number of aromatic nitrogens is 3. The third-order valence-corrected chi connectivity index (χ3v) is 4.44. The first-order chi connectivity index (χ1) is 16.6. The van der Waals surface area contributed by atoms with Crippen LogP contribution in [0.3, 0.4) is 0 Å². The lowest BCUT2D eigenvalue weighted by Crippen LogP contribution is -2.20. The van der Waals surface area contributed by atoms with Crippen molar-refractivity contribution in [3.05, 3.63) is 66.1 Å². The van der Waals surface area contributed by atoms with Crippen LogP contribution in [-0.2, 0) is 6.18 Å². The number of urea groups is 1. The number of alkyl halides is 3. The molecule has 2 aromatic carbocycles. The molecule has 0 spiro atoms. The van der Waals surface area contributed by atoms with E-state index in [1.54, 1.807) is 18.2 Å². The summed E-state index contributed by atoms with van der Waals surface area (Å²) in [5.74, 6) is -0.492. The van der Waals surface area contributed by atoms with E-state index < -0.39 is 35.4 Å². The number of nitrogens with one attached hydrogen (secondary N) is 4. The summed E-state index contributed by atoms with van der Waals surface area (Å²) < 4.78 is 57.8. The number of pyridine rings is 1. The van der Waals surface area contributed by atoms with Gasteiger partial charge in [0.05, 0.1) is 34.2 Å². The van der Waals surface area contributed by atoms with Gasteiger partial charge in [-0.15, -0.1) is 0 Å². The molecule has 0 aliphatic rings. The third kappa shape index (κ3) is 5.73. The van der Waals surface area contributed by atoms with Crippen LogP contribution in [0.4, 0.5) is 44.5 Å². The first-order valence-electron chi connectivity index (χ1n) is 9.65. The molecule has 180 valence electrons. The summed E-state index contributed by atoms with van der Waals surface area (Å²) in [7, 11) is 0. The molecular formula is C21H14F4N6O4. The van der Waals surface area contributed by atoms with Gasteiger partial charge in [0.2, 0.25) is 11.8 Å². The number of carbonyl (C=O) groups is 2. The number of hydrogen-bond donors (Lipinski definition) is 5. The van der Waals surface area contributed by atoms with Crippen molar-refractivity contribution in [3.63, 3.8) is 0 Å². The largest absolute Gasteiger partial charge is 0.465 e. The van der Waals surface area contributed by atoms with Crippen LogP contribution in [0.5, 0.6) is 11.6 Å². The maximum atomic E-state index is 13.8. The Bertz CT molecular complexity index is 1410. The molecule has 2 heterocycles. The molecule has 5 N–H and O–H groups in total. The molecular weight excluding hydrogens is 476 g/mol. The van der Waals surface area contributed by atoms with Crippen molar-refractivity contribution >= 4 is 40.5 Å². The summed E-state index contributed by atoms with van der Waals surface area (Å²) in [5, 5.41) is 15.2. The monoisotopic (exact) mass is 490 g/mol. The van der Waals surface area contributed by atoms with Crippen molar-refractivity contribution < 1.29 is 37.0 Å².